The number of piperidine rings is 1. The Hall–Kier alpha value is -2.11. The van der Waals surface area contributed by atoms with Gasteiger partial charge in [-0.3, -0.25) is 4.79 Å². The molecule has 0 bridgehead atoms. The first kappa shape index (κ1) is 23.6. The lowest BCUT2D eigenvalue weighted by atomic mass is 9.97. The molecular formula is C19H22ClF3N4O3S. The van der Waals surface area contributed by atoms with Crippen LogP contribution in [-0.4, -0.2) is 41.5 Å². The lowest BCUT2D eigenvalue weighted by Crippen LogP contribution is -2.41. The number of alkyl halides is 3. The molecule has 7 nitrogen and oxygen atoms in total. The highest BCUT2D eigenvalue weighted by Crippen LogP contribution is 2.37. The molecular weight excluding hydrogens is 457 g/mol. The maximum Gasteiger partial charge on any atom is 0.417 e. The van der Waals surface area contributed by atoms with Gasteiger partial charge in [-0.25, -0.2) is 13.1 Å². The zero-order valence-corrected chi connectivity index (χ0v) is 18.4. The van der Waals surface area contributed by atoms with E-state index in [0.717, 1.165) is 16.4 Å². The molecule has 2 aromatic rings. The predicted molar refractivity (Wildman–Crippen MR) is 109 cm³/mol. The van der Waals surface area contributed by atoms with Crippen molar-refractivity contribution in [1.29, 1.82) is 0 Å². The van der Waals surface area contributed by atoms with Crippen LogP contribution in [0.1, 0.15) is 38.3 Å². The van der Waals surface area contributed by atoms with Gasteiger partial charge in [-0.05, 0) is 44.9 Å². The molecule has 2 heterocycles. The average molecular weight is 479 g/mol. The van der Waals surface area contributed by atoms with E-state index in [0.29, 0.717) is 11.9 Å². The Bertz CT molecular complexity index is 1060. The second-order valence-electron chi connectivity index (χ2n) is 7.56. The van der Waals surface area contributed by atoms with Crippen molar-refractivity contribution in [1.82, 2.24) is 14.1 Å². The van der Waals surface area contributed by atoms with Gasteiger partial charge >= 0.3 is 6.18 Å². The molecule has 170 valence electrons. The minimum atomic E-state index is -4.77. The molecule has 0 saturated carbocycles. The number of anilines is 1. The highest BCUT2D eigenvalue weighted by atomic mass is 35.5. The van der Waals surface area contributed by atoms with E-state index in [1.807, 2.05) is 13.8 Å². The van der Waals surface area contributed by atoms with Crippen LogP contribution in [0.25, 0.3) is 0 Å². The van der Waals surface area contributed by atoms with Crippen molar-refractivity contribution in [3.05, 3.63) is 41.0 Å². The number of carbonyl (C=O) groups is 1. The molecule has 0 atom stereocenters. The van der Waals surface area contributed by atoms with E-state index in [9.17, 15) is 26.4 Å². The normalized spacial score (nSPS) is 16.6. The van der Waals surface area contributed by atoms with Crippen LogP contribution in [-0.2, 0) is 21.0 Å². The number of carbonyl (C=O) groups excluding carboxylic acids is 1. The van der Waals surface area contributed by atoms with Crippen molar-refractivity contribution in [3.8, 4) is 0 Å². The van der Waals surface area contributed by atoms with E-state index >= 15 is 0 Å². The van der Waals surface area contributed by atoms with Gasteiger partial charge in [-0.2, -0.15) is 22.6 Å². The topological polar surface area (TPSA) is 84.3 Å². The quantitative estimate of drug-likeness (QED) is 0.698. The highest BCUT2D eigenvalue weighted by Gasteiger charge is 2.37. The summed E-state index contributed by atoms with van der Waals surface area (Å²) in [7, 11) is -4.15. The zero-order valence-electron chi connectivity index (χ0n) is 16.9. The third-order valence-electron chi connectivity index (χ3n) is 5.12. The van der Waals surface area contributed by atoms with Crippen LogP contribution in [0.3, 0.4) is 0 Å². The fourth-order valence-corrected chi connectivity index (χ4v) is 5.16. The number of nitrogens with zero attached hydrogens (tertiary/aromatic N) is 3. The van der Waals surface area contributed by atoms with Gasteiger partial charge in [0.1, 0.15) is 5.82 Å². The van der Waals surface area contributed by atoms with Gasteiger partial charge in [-0.15, -0.1) is 0 Å². The summed E-state index contributed by atoms with van der Waals surface area (Å²) in [4.78, 5) is 12.1. The van der Waals surface area contributed by atoms with Gasteiger partial charge in [0.05, 0.1) is 21.7 Å². The molecule has 0 unspecified atom stereocenters. The Morgan fingerprint density at radius 3 is 2.45 bits per heavy atom. The number of aromatic nitrogens is 2. The number of hydrogen-bond acceptors (Lipinski definition) is 4. The summed E-state index contributed by atoms with van der Waals surface area (Å²) in [6.07, 6.45) is -2.69. The number of benzene rings is 1. The Morgan fingerprint density at radius 2 is 1.87 bits per heavy atom. The molecule has 3 rings (SSSR count). The minimum absolute atomic E-state index is 0.0217. The van der Waals surface area contributed by atoms with Gasteiger partial charge in [0.15, 0.2) is 0 Å². The zero-order chi connectivity index (χ0) is 23.0. The Labute approximate surface area is 183 Å². The van der Waals surface area contributed by atoms with Gasteiger partial charge < -0.3 is 5.32 Å². The second-order valence-corrected chi connectivity index (χ2v) is 9.91. The molecule has 1 aromatic carbocycles. The molecule has 12 heteroatoms. The number of nitrogens with one attached hydrogen (secondary N) is 1. The third-order valence-corrected chi connectivity index (χ3v) is 7.34. The van der Waals surface area contributed by atoms with Crippen LogP contribution < -0.4 is 5.32 Å². The number of sulfonamides is 1. The molecule has 1 aliphatic heterocycles. The van der Waals surface area contributed by atoms with E-state index in [-0.39, 0.29) is 37.9 Å². The second kappa shape index (κ2) is 8.79. The number of halogens is 4. The lowest BCUT2D eigenvalue weighted by Gasteiger charge is -2.30. The number of rotatable bonds is 5. The van der Waals surface area contributed by atoms with Crippen molar-refractivity contribution in [2.24, 2.45) is 5.92 Å². The lowest BCUT2D eigenvalue weighted by molar-refractivity contribution is -0.137. The van der Waals surface area contributed by atoms with Crippen LogP contribution in [0.15, 0.2) is 35.4 Å². The first-order valence-electron chi connectivity index (χ1n) is 9.62. The monoisotopic (exact) mass is 478 g/mol. The van der Waals surface area contributed by atoms with Gasteiger partial charge in [0, 0.05) is 31.1 Å². The van der Waals surface area contributed by atoms with E-state index in [4.69, 9.17) is 11.6 Å². The highest BCUT2D eigenvalue weighted by molar-refractivity contribution is 7.89. The van der Waals surface area contributed by atoms with Gasteiger partial charge in [-0.1, -0.05) is 11.6 Å². The summed E-state index contributed by atoms with van der Waals surface area (Å²) >= 11 is 5.58. The summed E-state index contributed by atoms with van der Waals surface area (Å²) in [5.41, 5.74) is -1.20. The van der Waals surface area contributed by atoms with Crippen molar-refractivity contribution in [2.75, 3.05) is 18.4 Å². The molecule has 1 N–H and O–H groups in total. The predicted octanol–water partition coefficient (Wildman–Crippen LogP) is 4.18. The van der Waals surface area contributed by atoms with Gasteiger partial charge in [0.25, 0.3) is 0 Å². The fourth-order valence-electron chi connectivity index (χ4n) is 3.44. The Kier molecular flexibility index (Phi) is 6.68. The summed E-state index contributed by atoms with van der Waals surface area (Å²) in [6.45, 7) is 3.89. The molecule has 1 fully saturated rings. The Morgan fingerprint density at radius 1 is 1.23 bits per heavy atom. The summed E-state index contributed by atoms with van der Waals surface area (Å²) in [5, 5.41) is 6.39. The SMILES string of the molecule is CC(C)n1nccc1NC(=O)C1CCN(S(=O)(=O)c2ccc(Cl)c(C(F)(F)F)c2)CC1. The first-order chi connectivity index (χ1) is 14.4. The molecule has 0 aliphatic carbocycles. The molecule has 31 heavy (non-hydrogen) atoms. The van der Waals surface area contributed by atoms with Crippen LogP contribution >= 0.6 is 11.6 Å². The molecule has 1 aliphatic rings. The maximum absolute atomic E-state index is 13.1. The van der Waals surface area contributed by atoms with Crippen molar-refractivity contribution >= 4 is 33.3 Å². The smallest absolute Gasteiger partial charge is 0.311 e. The molecule has 0 radical (unpaired) electrons. The number of amides is 1. The van der Waals surface area contributed by atoms with Crippen molar-refractivity contribution in [2.45, 2.75) is 43.8 Å². The van der Waals surface area contributed by atoms with E-state index in [1.165, 1.54) is 0 Å². The van der Waals surface area contributed by atoms with Crippen molar-refractivity contribution in [3.63, 3.8) is 0 Å². The minimum Gasteiger partial charge on any atom is -0.311 e. The maximum atomic E-state index is 13.1. The van der Waals surface area contributed by atoms with Crippen LogP contribution in [0.2, 0.25) is 5.02 Å². The van der Waals surface area contributed by atoms with Crippen molar-refractivity contribution < 1.29 is 26.4 Å². The molecule has 1 aromatic heterocycles. The first-order valence-corrected chi connectivity index (χ1v) is 11.4. The van der Waals surface area contributed by atoms with Crippen LogP contribution in [0.4, 0.5) is 19.0 Å². The van der Waals surface area contributed by atoms with Gasteiger partial charge in [0.2, 0.25) is 15.9 Å². The summed E-state index contributed by atoms with van der Waals surface area (Å²) in [6, 6.07) is 4.26. The van der Waals surface area contributed by atoms with Crippen LogP contribution in [0.5, 0.6) is 0 Å². The van der Waals surface area contributed by atoms with E-state index in [2.05, 4.69) is 10.4 Å². The average Bonchev–Trinajstić information content (AvgIpc) is 3.15. The summed E-state index contributed by atoms with van der Waals surface area (Å²) in [5.74, 6) is -0.112. The van der Waals surface area contributed by atoms with E-state index in [1.54, 1.807) is 16.9 Å². The Balaban J connectivity index is 1.69. The summed E-state index contributed by atoms with van der Waals surface area (Å²) < 4.78 is 67.7. The number of hydrogen-bond donors (Lipinski definition) is 1. The molecule has 1 saturated heterocycles. The largest absolute Gasteiger partial charge is 0.417 e. The van der Waals surface area contributed by atoms with E-state index < -0.39 is 37.6 Å². The third kappa shape index (κ3) is 5.04. The fraction of sp³-hybridized carbons (Fsp3) is 0.474. The molecule has 1 amide bonds. The molecule has 0 spiro atoms. The standard InChI is InChI=1S/C19H22ClF3N4O3S/c1-12(2)27-17(5-8-24-27)25-18(28)13-6-9-26(10-7-13)31(29,30)14-3-4-16(20)15(11-14)19(21,22)23/h3-5,8,11-13H,6-7,9-10H2,1-2H3,(H,25,28). The van der Waals surface area contributed by atoms with Crippen LogP contribution in [0, 0.1) is 5.92 Å².